The van der Waals surface area contributed by atoms with Crippen LogP contribution in [-0.4, -0.2) is 41.2 Å². The fraction of sp³-hybridized carbons (Fsp3) is 0.692. The summed E-state index contributed by atoms with van der Waals surface area (Å²) in [4.78, 5) is 18.6. The van der Waals surface area contributed by atoms with Crippen LogP contribution in [-0.2, 0) is 4.74 Å². The van der Waals surface area contributed by atoms with Crippen LogP contribution in [0.25, 0.3) is 0 Å². The van der Waals surface area contributed by atoms with Crippen LogP contribution in [0.15, 0.2) is 6.20 Å². The Bertz CT molecular complexity index is 479. The molecule has 0 aliphatic heterocycles. The van der Waals surface area contributed by atoms with Gasteiger partial charge in [0, 0.05) is 19.7 Å². The molecule has 1 aliphatic rings. The zero-order valence-corrected chi connectivity index (χ0v) is 12.2. The van der Waals surface area contributed by atoms with E-state index in [0.717, 1.165) is 19.6 Å². The fourth-order valence-electron chi connectivity index (χ4n) is 1.74. The van der Waals surface area contributed by atoms with Gasteiger partial charge in [-0.1, -0.05) is 6.92 Å². The summed E-state index contributed by atoms with van der Waals surface area (Å²) in [7, 11) is 0. The molecule has 21 heavy (non-hydrogen) atoms. The van der Waals surface area contributed by atoms with Gasteiger partial charge < -0.3 is 15.4 Å². The average molecular weight is 295 g/mol. The van der Waals surface area contributed by atoms with Crippen molar-refractivity contribution in [2.45, 2.75) is 26.2 Å². The minimum absolute atomic E-state index is 0.126. The average Bonchev–Trinajstić information content (AvgIpc) is 3.28. The summed E-state index contributed by atoms with van der Waals surface area (Å²) in [6, 6.07) is 0. The molecule has 0 aromatic carbocycles. The molecule has 8 nitrogen and oxygen atoms in total. The Morgan fingerprint density at radius 3 is 2.90 bits per heavy atom. The molecule has 0 saturated heterocycles. The first-order valence-corrected chi connectivity index (χ1v) is 7.27. The Morgan fingerprint density at radius 2 is 2.24 bits per heavy atom. The second kappa shape index (κ2) is 7.72. The molecule has 2 N–H and O–H groups in total. The molecule has 1 saturated carbocycles. The minimum Gasteiger partial charge on any atom is -0.379 e. The highest BCUT2D eigenvalue weighted by Gasteiger charge is 2.21. The van der Waals surface area contributed by atoms with Crippen molar-refractivity contribution in [3.05, 3.63) is 16.3 Å². The number of hydrogen-bond acceptors (Lipinski definition) is 7. The van der Waals surface area contributed by atoms with Crippen LogP contribution in [0.4, 0.5) is 17.5 Å². The van der Waals surface area contributed by atoms with Crippen molar-refractivity contribution in [1.29, 1.82) is 0 Å². The Labute approximate surface area is 123 Å². The second-order valence-corrected chi connectivity index (χ2v) is 5.06. The number of rotatable bonds is 10. The predicted octanol–water partition coefficient (Wildman–Crippen LogP) is 2.05. The highest BCUT2D eigenvalue weighted by atomic mass is 16.6. The molecule has 0 unspecified atom stereocenters. The summed E-state index contributed by atoms with van der Waals surface area (Å²) in [6.07, 6.45) is 4.64. The molecule has 116 valence electrons. The number of nitro groups is 1. The van der Waals surface area contributed by atoms with E-state index in [1.165, 1.54) is 19.0 Å². The summed E-state index contributed by atoms with van der Waals surface area (Å²) in [6.45, 7) is 4.51. The molecule has 0 atom stereocenters. The van der Waals surface area contributed by atoms with E-state index in [1.807, 2.05) is 6.92 Å². The maximum Gasteiger partial charge on any atom is 0.329 e. The van der Waals surface area contributed by atoms with Gasteiger partial charge in [0.1, 0.15) is 6.20 Å². The maximum atomic E-state index is 11.0. The lowest BCUT2D eigenvalue weighted by molar-refractivity contribution is -0.384. The SMILES string of the molecule is CCCNc1ncc([N+](=O)[O-])c(NCCOCC2CC2)n1. The summed E-state index contributed by atoms with van der Waals surface area (Å²) in [5.74, 6) is 1.33. The van der Waals surface area contributed by atoms with Gasteiger partial charge in [-0.3, -0.25) is 10.1 Å². The quantitative estimate of drug-likeness (QED) is 0.387. The first-order valence-electron chi connectivity index (χ1n) is 7.27. The van der Waals surface area contributed by atoms with Crippen LogP contribution in [0.1, 0.15) is 26.2 Å². The smallest absolute Gasteiger partial charge is 0.329 e. The number of aromatic nitrogens is 2. The first kappa shape index (κ1) is 15.4. The molecule has 0 amide bonds. The largest absolute Gasteiger partial charge is 0.379 e. The maximum absolute atomic E-state index is 11.0. The van der Waals surface area contributed by atoms with Gasteiger partial charge in [0.15, 0.2) is 0 Å². The molecule has 8 heteroatoms. The van der Waals surface area contributed by atoms with E-state index in [2.05, 4.69) is 20.6 Å². The van der Waals surface area contributed by atoms with Crippen LogP contribution >= 0.6 is 0 Å². The standard InChI is InChI=1S/C13H21N5O3/c1-2-5-15-13-16-8-11(18(19)20)12(17-13)14-6-7-21-9-10-3-4-10/h8,10H,2-7,9H2,1H3,(H2,14,15,16,17). The van der Waals surface area contributed by atoms with Gasteiger partial charge in [0.2, 0.25) is 11.8 Å². The lowest BCUT2D eigenvalue weighted by Gasteiger charge is -2.09. The Hall–Kier alpha value is -1.96. The van der Waals surface area contributed by atoms with Crippen molar-refractivity contribution in [2.24, 2.45) is 5.92 Å². The van der Waals surface area contributed by atoms with Gasteiger partial charge in [-0.15, -0.1) is 0 Å². The summed E-state index contributed by atoms with van der Waals surface area (Å²) >= 11 is 0. The zero-order valence-electron chi connectivity index (χ0n) is 12.2. The summed E-state index contributed by atoms with van der Waals surface area (Å²) in [5.41, 5.74) is -0.126. The number of nitrogens with one attached hydrogen (secondary N) is 2. The molecule has 1 fully saturated rings. The van der Waals surface area contributed by atoms with Crippen molar-refractivity contribution < 1.29 is 9.66 Å². The van der Waals surface area contributed by atoms with Crippen LogP contribution in [0.3, 0.4) is 0 Å². The molecule has 0 radical (unpaired) electrons. The number of ether oxygens (including phenoxy) is 1. The van der Waals surface area contributed by atoms with Crippen molar-refractivity contribution in [2.75, 3.05) is 36.9 Å². The van der Waals surface area contributed by atoms with Crippen LogP contribution < -0.4 is 10.6 Å². The van der Waals surface area contributed by atoms with E-state index in [0.29, 0.717) is 25.0 Å². The third kappa shape index (κ3) is 5.14. The molecule has 0 spiro atoms. The molecule has 2 rings (SSSR count). The highest BCUT2D eigenvalue weighted by Crippen LogP contribution is 2.28. The van der Waals surface area contributed by atoms with Gasteiger partial charge in [-0.05, 0) is 25.2 Å². The minimum atomic E-state index is -0.489. The normalized spacial score (nSPS) is 14.0. The van der Waals surface area contributed by atoms with Gasteiger partial charge >= 0.3 is 5.69 Å². The lowest BCUT2D eigenvalue weighted by atomic mass is 10.4. The third-order valence-electron chi connectivity index (χ3n) is 3.09. The third-order valence-corrected chi connectivity index (χ3v) is 3.09. The molecular formula is C13H21N5O3. The molecule has 1 aliphatic carbocycles. The summed E-state index contributed by atoms with van der Waals surface area (Å²) < 4.78 is 5.48. The number of nitrogens with zero attached hydrogens (tertiary/aromatic N) is 3. The fourth-order valence-corrected chi connectivity index (χ4v) is 1.74. The van der Waals surface area contributed by atoms with Crippen molar-refractivity contribution in [3.8, 4) is 0 Å². The topological polar surface area (TPSA) is 102 Å². The monoisotopic (exact) mass is 295 g/mol. The second-order valence-electron chi connectivity index (χ2n) is 5.06. The van der Waals surface area contributed by atoms with Crippen molar-refractivity contribution in [1.82, 2.24) is 9.97 Å². The van der Waals surface area contributed by atoms with E-state index in [-0.39, 0.29) is 11.5 Å². The number of hydrogen-bond donors (Lipinski definition) is 2. The molecule has 1 aromatic rings. The van der Waals surface area contributed by atoms with E-state index >= 15 is 0 Å². The Morgan fingerprint density at radius 1 is 1.43 bits per heavy atom. The number of anilines is 2. The highest BCUT2D eigenvalue weighted by molar-refractivity contribution is 5.56. The van der Waals surface area contributed by atoms with E-state index in [1.54, 1.807) is 0 Å². The molecule has 1 heterocycles. The Kier molecular flexibility index (Phi) is 5.68. The Balaban J connectivity index is 1.87. The van der Waals surface area contributed by atoms with Crippen molar-refractivity contribution >= 4 is 17.5 Å². The van der Waals surface area contributed by atoms with Crippen LogP contribution in [0.2, 0.25) is 0 Å². The van der Waals surface area contributed by atoms with Gasteiger partial charge in [0.05, 0.1) is 11.5 Å². The lowest BCUT2D eigenvalue weighted by Crippen LogP contribution is -2.14. The molecule has 0 bridgehead atoms. The molecular weight excluding hydrogens is 274 g/mol. The van der Waals surface area contributed by atoms with Crippen LogP contribution in [0.5, 0.6) is 0 Å². The summed E-state index contributed by atoms with van der Waals surface area (Å²) in [5, 5.41) is 16.9. The van der Waals surface area contributed by atoms with E-state index in [4.69, 9.17) is 4.74 Å². The zero-order chi connectivity index (χ0) is 15.1. The first-order chi connectivity index (χ1) is 10.2. The predicted molar refractivity (Wildman–Crippen MR) is 79.5 cm³/mol. The van der Waals surface area contributed by atoms with Gasteiger partial charge in [0.25, 0.3) is 0 Å². The van der Waals surface area contributed by atoms with Crippen molar-refractivity contribution in [3.63, 3.8) is 0 Å². The van der Waals surface area contributed by atoms with E-state index in [9.17, 15) is 10.1 Å². The molecule has 1 aromatic heterocycles. The van der Waals surface area contributed by atoms with Gasteiger partial charge in [-0.25, -0.2) is 4.98 Å². The van der Waals surface area contributed by atoms with E-state index < -0.39 is 4.92 Å². The van der Waals surface area contributed by atoms with Gasteiger partial charge in [-0.2, -0.15) is 4.98 Å². The van der Waals surface area contributed by atoms with Crippen LogP contribution in [0, 0.1) is 16.0 Å².